The maximum atomic E-state index is 12.2. The van der Waals surface area contributed by atoms with Gasteiger partial charge in [0.25, 0.3) is 5.91 Å². The predicted octanol–water partition coefficient (Wildman–Crippen LogP) is 2.72. The van der Waals surface area contributed by atoms with Crippen molar-refractivity contribution >= 4 is 5.91 Å². The summed E-state index contributed by atoms with van der Waals surface area (Å²) in [6, 6.07) is 16.9. The lowest BCUT2D eigenvalue weighted by Crippen LogP contribution is -2.42. The van der Waals surface area contributed by atoms with Gasteiger partial charge in [0.15, 0.2) is 0 Å². The second-order valence-electron chi connectivity index (χ2n) is 5.33. The SMILES string of the molecule is Cc1ccccc1C(=O)NC(C)C(O)Cc1ccccc1. The molecule has 2 unspecified atom stereocenters. The van der Waals surface area contributed by atoms with E-state index in [9.17, 15) is 9.90 Å². The molecule has 0 fully saturated rings. The van der Waals surface area contributed by atoms with Crippen LogP contribution < -0.4 is 5.32 Å². The van der Waals surface area contributed by atoms with Crippen LogP contribution in [0.4, 0.5) is 0 Å². The summed E-state index contributed by atoms with van der Waals surface area (Å²) < 4.78 is 0. The van der Waals surface area contributed by atoms with E-state index in [0.717, 1.165) is 11.1 Å². The van der Waals surface area contributed by atoms with E-state index < -0.39 is 6.10 Å². The minimum Gasteiger partial charge on any atom is -0.391 e. The summed E-state index contributed by atoms with van der Waals surface area (Å²) in [5, 5.41) is 13.1. The first-order valence-corrected chi connectivity index (χ1v) is 7.16. The van der Waals surface area contributed by atoms with Gasteiger partial charge >= 0.3 is 0 Å². The Hall–Kier alpha value is -2.13. The number of nitrogens with one attached hydrogen (secondary N) is 1. The number of carbonyl (C=O) groups is 1. The standard InChI is InChI=1S/C18H21NO2/c1-13-8-6-7-11-16(13)18(21)19-14(2)17(20)12-15-9-4-3-5-10-15/h3-11,14,17,20H,12H2,1-2H3,(H,19,21). The van der Waals surface area contributed by atoms with Crippen molar-refractivity contribution in [2.24, 2.45) is 0 Å². The molecule has 0 aromatic heterocycles. The minimum absolute atomic E-state index is 0.146. The lowest BCUT2D eigenvalue weighted by molar-refractivity contribution is 0.0851. The van der Waals surface area contributed by atoms with Crippen molar-refractivity contribution in [3.05, 3.63) is 71.3 Å². The monoisotopic (exact) mass is 283 g/mol. The van der Waals surface area contributed by atoms with Crippen LogP contribution in [0.2, 0.25) is 0 Å². The fraction of sp³-hybridized carbons (Fsp3) is 0.278. The first-order chi connectivity index (χ1) is 10.1. The van der Waals surface area contributed by atoms with E-state index in [1.54, 1.807) is 6.07 Å². The zero-order chi connectivity index (χ0) is 15.2. The fourth-order valence-electron chi connectivity index (χ4n) is 2.24. The van der Waals surface area contributed by atoms with Crippen LogP contribution in [0.5, 0.6) is 0 Å². The van der Waals surface area contributed by atoms with E-state index >= 15 is 0 Å². The third kappa shape index (κ3) is 4.17. The van der Waals surface area contributed by atoms with Gasteiger partial charge in [0, 0.05) is 12.0 Å². The highest BCUT2D eigenvalue weighted by Crippen LogP contribution is 2.09. The van der Waals surface area contributed by atoms with Gasteiger partial charge in [0.05, 0.1) is 12.1 Å². The number of carbonyl (C=O) groups excluding carboxylic acids is 1. The molecule has 0 aliphatic heterocycles. The maximum Gasteiger partial charge on any atom is 0.251 e. The average Bonchev–Trinajstić information content (AvgIpc) is 2.48. The van der Waals surface area contributed by atoms with Crippen LogP contribution in [-0.2, 0) is 6.42 Å². The third-order valence-corrected chi connectivity index (χ3v) is 3.61. The van der Waals surface area contributed by atoms with Crippen molar-refractivity contribution in [1.29, 1.82) is 0 Å². The summed E-state index contributed by atoms with van der Waals surface area (Å²) >= 11 is 0. The number of hydrogen-bond acceptors (Lipinski definition) is 2. The molecule has 3 heteroatoms. The molecule has 2 aromatic rings. The summed E-state index contributed by atoms with van der Waals surface area (Å²) in [6.45, 7) is 3.73. The lowest BCUT2D eigenvalue weighted by atomic mass is 10.0. The van der Waals surface area contributed by atoms with Gasteiger partial charge in [-0.05, 0) is 31.0 Å². The fourth-order valence-corrected chi connectivity index (χ4v) is 2.24. The number of aliphatic hydroxyl groups is 1. The van der Waals surface area contributed by atoms with Crippen LogP contribution in [0.3, 0.4) is 0 Å². The second-order valence-corrected chi connectivity index (χ2v) is 5.33. The summed E-state index contributed by atoms with van der Waals surface area (Å²) in [5.41, 5.74) is 2.64. The highest BCUT2D eigenvalue weighted by atomic mass is 16.3. The van der Waals surface area contributed by atoms with Gasteiger partial charge in [-0.25, -0.2) is 0 Å². The molecule has 0 aliphatic rings. The lowest BCUT2D eigenvalue weighted by Gasteiger charge is -2.21. The van der Waals surface area contributed by atoms with E-state index in [2.05, 4.69) is 5.32 Å². The summed E-state index contributed by atoms with van der Waals surface area (Å²) in [4.78, 5) is 12.2. The molecule has 3 nitrogen and oxygen atoms in total. The van der Waals surface area contributed by atoms with Crippen LogP contribution in [0, 0.1) is 6.92 Å². The smallest absolute Gasteiger partial charge is 0.251 e. The average molecular weight is 283 g/mol. The molecule has 0 aliphatic carbocycles. The summed E-state index contributed by atoms with van der Waals surface area (Å²) in [5.74, 6) is -0.146. The van der Waals surface area contributed by atoms with Gasteiger partial charge in [-0.15, -0.1) is 0 Å². The molecule has 0 saturated heterocycles. The first kappa shape index (κ1) is 15.3. The van der Waals surface area contributed by atoms with Crippen molar-refractivity contribution in [3.8, 4) is 0 Å². The van der Waals surface area contributed by atoms with Crippen molar-refractivity contribution in [2.75, 3.05) is 0 Å². The number of benzene rings is 2. The Kier molecular flexibility index (Phi) is 5.12. The predicted molar refractivity (Wildman–Crippen MR) is 84.3 cm³/mol. The molecule has 0 radical (unpaired) electrons. The number of rotatable bonds is 5. The molecule has 110 valence electrons. The molecule has 0 spiro atoms. The van der Waals surface area contributed by atoms with Crippen LogP contribution in [-0.4, -0.2) is 23.2 Å². The number of amides is 1. The summed E-state index contributed by atoms with van der Waals surface area (Å²) in [6.07, 6.45) is -0.0869. The van der Waals surface area contributed by atoms with Gasteiger partial charge in [0.2, 0.25) is 0 Å². The van der Waals surface area contributed by atoms with Gasteiger partial charge in [-0.1, -0.05) is 48.5 Å². The molecule has 2 rings (SSSR count). The number of aryl methyl sites for hydroxylation is 1. The van der Waals surface area contributed by atoms with Crippen LogP contribution in [0.1, 0.15) is 28.4 Å². The first-order valence-electron chi connectivity index (χ1n) is 7.16. The van der Waals surface area contributed by atoms with Crippen LogP contribution in [0.15, 0.2) is 54.6 Å². The van der Waals surface area contributed by atoms with Gasteiger partial charge in [0.1, 0.15) is 0 Å². The normalized spacial score (nSPS) is 13.5. The molecule has 2 aromatic carbocycles. The summed E-state index contributed by atoms with van der Waals surface area (Å²) in [7, 11) is 0. The molecule has 0 bridgehead atoms. The van der Waals surface area contributed by atoms with Crippen molar-refractivity contribution in [1.82, 2.24) is 5.32 Å². The van der Waals surface area contributed by atoms with E-state index in [4.69, 9.17) is 0 Å². The zero-order valence-electron chi connectivity index (χ0n) is 12.4. The zero-order valence-corrected chi connectivity index (χ0v) is 12.4. The Bertz CT molecular complexity index is 595. The minimum atomic E-state index is -0.611. The second kappa shape index (κ2) is 7.04. The molecule has 2 atom stereocenters. The Morgan fingerprint density at radius 1 is 1.10 bits per heavy atom. The molecule has 1 amide bonds. The maximum absolute atomic E-state index is 12.2. The Morgan fingerprint density at radius 3 is 2.38 bits per heavy atom. The van der Waals surface area contributed by atoms with Gasteiger partial charge < -0.3 is 10.4 Å². The van der Waals surface area contributed by atoms with Crippen LogP contribution >= 0.6 is 0 Å². The van der Waals surface area contributed by atoms with E-state index in [-0.39, 0.29) is 11.9 Å². The van der Waals surface area contributed by atoms with Gasteiger partial charge in [-0.2, -0.15) is 0 Å². The highest BCUT2D eigenvalue weighted by Gasteiger charge is 2.18. The largest absolute Gasteiger partial charge is 0.391 e. The molecule has 0 heterocycles. The van der Waals surface area contributed by atoms with E-state index in [1.165, 1.54) is 0 Å². The Balaban J connectivity index is 1.96. The molecular formula is C18H21NO2. The molecule has 21 heavy (non-hydrogen) atoms. The van der Waals surface area contributed by atoms with Gasteiger partial charge in [-0.3, -0.25) is 4.79 Å². The van der Waals surface area contributed by atoms with Crippen LogP contribution in [0.25, 0.3) is 0 Å². The van der Waals surface area contributed by atoms with Crippen molar-refractivity contribution in [2.45, 2.75) is 32.4 Å². The Labute approximate surface area is 125 Å². The third-order valence-electron chi connectivity index (χ3n) is 3.61. The molecular weight excluding hydrogens is 262 g/mol. The van der Waals surface area contributed by atoms with Crippen molar-refractivity contribution < 1.29 is 9.90 Å². The topological polar surface area (TPSA) is 49.3 Å². The van der Waals surface area contributed by atoms with E-state index in [0.29, 0.717) is 12.0 Å². The highest BCUT2D eigenvalue weighted by molar-refractivity contribution is 5.95. The molecule has 2 N–H and O–H groups in total. The molecule has 0 saturated carbocycles. The number of aliphatic hydroxyl groups excluding tert-OH is 1. The quantitative estimate of drug-likeness (QED) is 0.886. The van der Waals surface area contributed by atoms with Crippen molar-refractivity contribution in [3.63, 3.8) is 0 Å². The number of hydrogen-bond donors (Lipinski definition) is 2. The van der Waals surface area contributed by atoms with E-state index in [1.807, 2.05) is 62.4 Å². The Morgan fingerprint density at radius 2 is 1.71 bits per heavy atom.